The second-order valence-corrected chi connectivity index (χ2v) is 7.64. The average Bonchev–Trinajstić information content (AvgIpc) is 3.24. The van der Waals surface area contributed by atoms with E-state index in [1.807, 2.05) is 31.2 Å². The highest BCUT2D eigenvalue weighted by atomic mass is 32.1. The summed E-state index contributed by atoms with van der Waals surface area (Å²) in [5.41, 5.74) is 4.54. The van der Waals surface area contributed by atoms with Gasteiger partial charge in [0.05, 0.1) is 24.6 Å². The van der Waals surface area contributed by atoms with E-state index in [2.05, 4.69) is 25.8 Å². The van der Waals surface area contributed by atoms with Gasteiger partial charge < -0.3 is 24.7 Å². The minimum Gasteiger partial charge on any atom is -0.423 e. The van der Waals surface area contributed by atoms with Crippen LogP contribution in [0.3, 0.4) is 0 Å². The lowest BCUT2D eigenvalue weighted by Crippen LogP contribution is -2.36. The van der Waals surface area contributed by atoms with Crippen molar-refractivity contribution >= 4 is 56.4 Å². The van der Waals surface area contributed by atoms with Crippen LogP contribution >= 0.6 is 12.2 Å². The van der Waals surface area contributed by atoms with Crippen LogP contribution in [0.5, 0.6) is 0 Å². The van der Waals surface area contributed by atoms with Crippen LogP contribution in [0.4, 0.5) is 17.1 Å². The summed E-state index contributed by atoms with van der Waals surface area (Å²) in [4.78, 5) is 13.9. The van der Waals surface area contributed by atoms with Crippen molar-refractivity contribution in [3.63, 3.8) is 0 Å². The summed E-state index contributed by atoms with van der Waals surface area (Å²) in [7, 11) is 0. The maximum Gasteiger partial charge on any atom is 0.336 e. The van der Waals surface area contributed by atoms with Crippen molar-refractivity contribution in [3.05, 3.63) is 52.4 Å². The monoisotopic (exact) mass is 437 g/mol. The van der Waals surface area contributed by atoms with Crippen LogP contribution in [0.15, 0.2) is 50.2 Å². The Morgan fingerprint density at radius 2 is 1.87 bits per heavy atom. The Hall–Kier alpha value is -3.50. The highest BCUT2D eigenvalue weighted by molar-refractivity contribution is 7.80. The van der Waals surface area contributed by atoms with E-state index < -0.39 is 0 Å². The normalized spacial score (nSPS) is 14.2. The topological polar surface area (TPSA) is 106 Å². The third-order valence-corrected chi connectivity index (χ3v) is 5.41. The first-order valence-corrected chi connectivity index (χ1v) is 10.2. The van der Waals surface area contributed by atoms with Crippen LogP contribution in [0.25, 0.3) is 22.0 Å². The van der Waals surface area contributed by atoms with Crippen LogP contribution in [-0.2, 0) is 4.74 Å². The zero-order valence-corrected chi connectivity index (χ0v) is 17.5. The van der Waals surface area contributed by atoms with Gasteiger partial charge in [0.1, 0.15) is 5.58 Å². The van der Waals surface area contributed by atoms with E-state index in [4.69, 9.17) is 26.0 Å². The number of aryl methyl sites for hydroxylation is 1. The Bertz CT molecular complexity index is 1340. The summed E-state index contributed by atoms with van der Waals surface area (Å²) in [5, 5.41) is 15.6. The molecule has 0 spiro atoms. The predicted octanol–water partition coefficient (Wildman–Crippen LogP) is 3.28. The average molecular weight is 437 g/mol. The number of morpholine rings is 1. The molecule has 0 amide bonds. The van der Waals surface area contributed by atoms with Crippen molar-refractivity contribution in [1.29, 1.82) is 0 Å². The first kappa shape index (κ1) is 19.5. The Morgan fingerprint density at radius 3 is 2.71 bits per heavy atom. The number of nitrogens with zero attached hydrogens (tertiary/aromatic N) is 3. The smallest absolute Gasteiger partial charge is 0.336 e. The molecule has 31 heavy (non-hydrogen) atoms. The van der Waals surface area contributed by atoms with Crippen molar-refractivity contribution in [3.8, 4) is 0 Å². The number of rotatable bonds is 3. The van der Waals surface area contributed by atoms with E-state index in [0.29, 0.717) is 46.3 Å². The molecular weight excluding hydrogens is 418 g/mol. The number of fused-ring (bicyclic) bond motifs is 2. The maximum atomic E-state index is 11.7. The van der Waals surface area contributed by atoms with Crippen LogP contribution in [0, 0.1) is 6.92 Å². The van der Waals surface area contributed by atoms with Crippen molar-refractivity contribution in [2.75, 3.05) is 41.8 Å². The molecule has 2 aromatic heterocycles. The number of anilines is 3. The van der Waals surface area contributed by atoms with Gasteiger partial charge >= 0.3 is 5.63 Å². The lowest BCUT2D eigenvalue weighted by Gasteiger charge is -2.28. The molecule has 3 heterocycles. The third kappa shape index (κ3) is 3.82. The van der Waals surface area contributed by atoms with E-state index in [1.54, 1.807) is 6.07 Å². The second-order valence-electron chi connectivity index (χ2n) is 7.23. The van der Waals surface area contributed by atoms with E-state index >= 15 is 0 Å². The highest BCUT2D eigenvalue weighted by Gasteiger charge is 2.19. The van der Waals surface area contributed by atoms with Crippen LogP contribution < -0.4 is 21.2 Å². The van der Waals surface area contributed by atoms with Crippen molar-refractivity contribution in [2.24, 2.45) is 0 Å². The maximum absolute atomic E-state index is 11.7. The molecule has 4 aromatic rings. The number of hydrogen-bond donors (Lipinski definition) is 2. The first-order chi connectivity index (χ1) is 15.1. The molecule has 1 aliphatic rings. The van der Waals surface area contributed by atoms with Gasteiger partial charge in [0, 0.05) is 36.3 Å². The van der Waals surface area contributed by atoms with Gasteiger partial charge in [0.2, 0.25) is 0 Å². The molecule has 0 saturated carbocycles. The third-order valence-electron chi connectivity index (χ3n) is 5.20. The molecule has 1 fully saturated rings. The Balaban J connectivity index is 1.38. The zero-order chi connectivity index (χ0) is 21.4. The van der Waals surface area contributed by atoms with Crippen LogP contribution in [0.2, 0.25) is 0 Å². The Kier molecular flexibility index (Phi) is 5.00. The molecular formula is C21H19N5O4S. The van der Waals surface area contributed by atoms with Gasteiger partial charge in [0.25, 0.3) is 0 Å². The fourth-order valence-corrected chi connectivity index (χ4v) is 3.93. The summed E-state index contributed by atoms with van der Waals surface area (Å²) in [6.07, 6.45) is 0. The van der Waals surface area contributed by atoms with E-state index in [1.165, 1.54) is 6.07 Å². The van der Waals surface area contributed by atoms with Gasteiger partial charge in [-0.3, -0.25) is 0 Å². The molecule has 5 rings (SSSR count). The predicted molar refractivity (Wildman–Crippen MR) is 122 cm³/mol. The highest BCUT2D eigenvalue weighted by Crippen LogP contribution is 2.30. The quantitative estimate of drug-likeness (QED) is 0.366. The first-order valence-electron chi connectivity index (χ1n) is 9.79. The SMILES string of the molecule is Cc1cc(=O)oc2cc(NC(=S)Nc3ccc(N4CCOCC4)c4nonc34)ccc12. The van der Waals surface area contributed by atoms with Gasteiger partial charge in [-0.15, -0.1) is 0 Å². The molecule has 0 radical (unpaired) electrons. The number of ether oxygens (including phenoxy) is 1. The Morgan fingerprint density at radius 1 is 1.06 bits per heavy atom. The summed E-state index contributed by atoms with van der Waals surface area (Å²) < 4.78 is 15.7. The number of benzene rings is 2. The minimum absolute atomic E-state index is 0.359. The van der Waals surface area contributed by atoms with Gasteiger partial charge in [-0.25, -0.2) is 9.42 Å². The van der Waals surface area contributed by atoms with E-state index in [9.17, 15) is 4.79 Å². The van der Waals surface area contributed by atoms with E-state index in [0.717, 1.165) is 29.7 Å². The van der Waals surface area contributed by atoms with Crippen molar-refractivity contribution in [2.45, 2.75) is 6.92 Å². The largest absolute Gasteiger partial charge is 0.423 e. The van der Waals surface area contributed by atoms with Crippen LogP contribution in [-0.4, -0.2) is 41.7 Å². The zero-order valence-electron chi connectivity index (χ0n) is 16.7. The number of thiocarbonyl (C=S) groups is 1. The molecule has 2 N–H and O–H groups in total. The summed E-state index contributed by atoms with van der Waals surface area (Å²) in [6.45, 7) is 4.78. The molecule has 0 atom stereocenters. The summed E-state index contributed by atoms with van der Waals surface area (Å²) >= 11 is 5.47. The number of hydrogen-bond acceptors (Lipinski definition) is 8. The second kappa shape index (κ2) is 7.97. The van der Waals surface area contributed by atoms with Crippen LogP contribution in [0.1, 0.15) is 5.56 Å². The molecule has 10 heteroatoms. The van der Waals surface area contributed by atoms with Gasteiger partial charge in [-0.2, -0.15) is 0 Å². The molecule has 2 aromatic carbocycles. The minimum atomic E-state index is -0.385. The lowest BCUT2D eigenvalue weighted by atomic mass is 10.1. The molecule has 158 valence electrons. The molecule has 1 aliphatic heterocycles. The van der Waals surface area contributed by atoms with Gasteiger partial charge in [0.15, 0.2) is 16.1 Å². The lowest BCUT2D eigenvalue weighted by molar-refractivity contribution is 0.123. The summed E-state index contributed by atoms with van der Waals surface area (Å²) in [6, 6.07) is 10.8. The fraction of sp³-hybridized carbons (Fsp3) is 0.238. The molecule has 0 bridgehead atoms. The molecule has 9 nitrogen and oxygen atoms in total. The van der Waals surface area contributed by atoms with Gasteiger partial charge in [-0.05, 0) is 59.3 Å². The Labute approximate surface area is 181 Å². The fourth-order valence-electron chi connectivity index (χ4n) is 3.70. The van der Waals surface area contributed by atoms with Crippen molar-refractivity contribution < 1.29 is 13.8 Å². The molecule has 0 unspecified atom stereocenters. The van der Waals surface area contributed by atoms with Crippen molar-refractivity contribution in [1.82, 2.24) is 10.3 Å². The molecule has 0 aliphatic carbocycles. The summed E-state index contributed by atoms with van der Waals surface area (Å²) in [5.74, 6) is 0. The standard InChI is InChI=1S/C21H19N5O4S/c1-12-10-18(27)29-17-11-13(2-3-14(12)17)22-21(31)23-15-4-5-16(20-19(15)24-30-25-20)26-6-8-28-9-7-26/h2-5,10-11H,6-9H2,1H3,(H2,22,23,31). The van der Waals surface area contributed by atoms with Gasteiger partial charge in [-0.1, -0.05) is 0 Å². The van der Waals surface area contributed by atoms with E-state index in [-0.39, 0.29) is 5.63 Å². The molecule has 1 saturated heterocycles. The number of nitrogens with one attached hydrogen (secondary N) is 2. The number of aromatic nitrogens is 2.